The van der Waals surface area contributed by atoms with Crippen LogP contribution in [0, 0.1) is 10.1 Å². The van der Waals surface area contributed by atoms with Crippen LogP contribution in [-0.4, -0.2) is 30.2 Å². The Bertz CT molecular complexity index is 430. The minimum absolute atomic E-state index is 0.0523. The van der Waals surface area contributed by atoms with E-state index in [1.54, 1.807) is 12.1 Å². The molecule has 1 aliphatic heterocycles. The van der Waals surface area contributed by atoms with Crippen molar-refractivity contribution in [1.29, 1.82) is 0 Å². The van der Waals surface area contributed by atoms with E-state index in [-0.39, 0.29) is 11.4 Å². The molecule has 1 aromatic rings. The number of nitro benzene ring substituents is 1. The van der Waals surface area contributed by atoms with Gasteiger partial charge in [-0.15, -0.1) is 5.06 Å². The van der Waals surface area contributed by atoms with E-state index < -0.39 is 4.92 Å². The Kier molecular flexibility index (Phi) is 3.99. The van der Waals surface area contributed by atoms with Gasteiger partial charge in [-0.2, -0.15) is 0 Å². The predicted octanol–water partition coefficient (Wildman–Crippen LogP) is 2.38. The van der Waals surface area contributed by atoms with Crippen LogP contribution in [0.5, 0.6) is 11.5 Å². The molecular formula is C12H16N2O4. The Morgan fingerprint density at radius 1 is 1.28 bits per heavy atom. The van der Waals surface area contributed by atoms with Crippen molar-refractivity contribution in [3.63, 3.8) is 0 Å². The van der Waals surface area contributed by atoms with Crippen LogP contribution in [0.3, 0.4) is 0 Å². The molecule has 0 spiro atoms. The molecule has 0 aliphatic carbocycles. The van der Waals surface area contributed by atoms with Gasteiger partial charge in [0.15, 0.2) is 5.75 Å². The number of ether oxygens (including phenoxy) is 1. The molecule has 0 bridgehead atoms. The Labute approximate surface area is 105 Å². The Balaban J connectivity index is 2.11. The highest BCUT2D eigenvalue weighted by atomic mass is 16.7. The van der Waals surface area contributed by atoms with Crippen LogP contribution in [0.4, 0.5) is 5.69 Å². The van der Waals surface area contributed by atoms with E-state index in [1.807, 2.05) is 5.06 Å². The first-order chi connectivity index (χ1) is 8.70. The van der Waals surface area contributed by atoms with Gasteiger partial charge in [-0.1, -0.05) is 6.42 Å². The maximum atomic E-state index is 10.8. The van der Waals surface area contributed by atoms with Crippen molar-refractivity contribution >= 4 is 5.69 Å². The summed E-state index contributed by atoms with van der Waals surface area (Å²) in [6, 6.07) is 4.54. The first-order valence-electron chi connectivity index (χ1n) is 5.96. The maximum absolute atomic E-state index is 10.8. The summed E-state index contributed by atoms with van der Waals surface area (Å²) in [7, 11) is 1.41. The molecule has 0 atom stereocenters. The Morgan fingerprint density at radius 2 is 2.00 bits per heavy atom. The molecule has 2 rings (SSSR count). The number of hydrogen-bond donors (Lipinski definition) is 0. The van der Waals surface area contributed by atoms with Crippen LogP contribution in [0.15, 0.2) is 18.2 Å². The van der Waals surface area contributed by atoms with E-state index in [2.05, 4.69) is 0 Å². The molecule has 0 radical (unpaired) electrons. The van der Waals surface area contributed by atoms with Crippen LogP contribution >= 0.6 is 0 Å². The van der Waals surface area contributed by atoms with Crippen molar-refractivity contribution in [2.75, 3.05) is 20.2 Å². The molecule has 0 unspecified atom stereocenters. The molecule has 0 aromatic heterocycles. The molecule has 1 fully saturated rings. The lowest BCUT2D eigenvalue weighted by atomic mass is 10.2. The van der Waals surface area contributed by atoms with E-state index >= 15 is 0 Å². The van der Waals surface area contributed by atoms with Crippen molar-refractivity contribution in [2.24, 2.45) is 0 Å². The predicted molar refractivity (Wildman–Crippen MR) is 65.7 cm³/mol. The molecule has 6 nitrogen and oxygen atoms in total. The molecule has 18 heavy (non-hydrogen) atoms. The van der Waals surface area contributed by atoms with Gasteiger partial charge in [-0.05, 0) is 18.9 Å². The fourth-order valence-corrected chi connectivity index (χ4v) is 1.97. The number of hydroxylamine groups is 2. The minimum atomic E-state index is -0.469. The monoisotopic (exact) mass is 252 g/mol. The Hall–Kier alpha value is -1.82. The lowest BCUT2D eigenvalue weighted by Gasteiger charge is -2.26. The smallest absolute Gasteiger partial charge is 0.311 e. The lowest BCUT2D eigenvalue weighted by Crippen LogP contribution is -2.32. The third kappa shape index (κ3) is 2.89. The molecule has 6 heteroatoms. The topological polar surface area (TPSA) is 64.8 Å². The molecule has 98 valence electrons. The summed E-state index contributed by atoms with van der Waals surface area (Å²) in [4.78, 5) is 16.0. The molecule has 1 heterocycles. The summed E-state index contributed by atoms with van der Waals surface area (Å²) in [5.41, 5.74) is -0.0523. The second-order valence-corrected chi connectivity index (χ2v) is 4.17. The minimum Gasteiger partial charge on any atom is -0.490 e. The second kappa shape index (κ2) is 5.68. The highest BCUT2D eigenvalue weighted by Crippen LogP contribution is 2.31. The first-order valence-corrected chi connectivity index (χ1v) is 5.96. The fraction of sp³-hybridized carbons (Fsp3) is 0.500. The molecular weight excluding hydrogens is 236 g/mol. The third-order valence-corrected chi connectivity index (χ3v) is 2.90. The number of hydrogen-bond acceptors (Lipinski definition) is 5. The van der Waals surface area contributed by atoms with E-state index in [0.717, 1.165) is 25.9 Å². The highest BCUT2D eigenvalue weighted by Gasteiger charge is 2.17. The van der Waals surface area contributed by atoms with Crippen molar-refractivity contribution < 1.29 is 14.5 Å². The zero-order valence-electron chi connectivity index (χ0n) is 10.3. The van der Waals surface area contributed by atoms with Gasteiger partial charge in [0.25, 0.3) is 0 Å². The van der Waals surface area contributed by atoms with Gasteiger partial charge in [0.2, 0.25) is 5.75 Å². The normalized spacial score (nSPS) is 16.3. The molecule has 0 amide bonds. The fourth-order valence-electron chi connectivity index (χ4n) is 1.97. The van der Waals surface area contributed by atoms with E-state index in [1.165, 1.54) is 19.6 Å². The molecule has 1 aromatic carbocycles. The molecule has 0 N–H and O–H groups in total. The zero-order valence-corrected chi connectivity index (χ0v) is 10.3. The van der Waals surface area contributed by atoms with Crippen molar-refractivity contribution in [1.82, 2.24) is 5.06 Å². The third-order valence-electron chi connectivity index (χ3n) is 2.90. The number of rotatable bonds is 4. The standard InChI is InChI=1S/C12H16N2O4/c1-17-12-9-10(5-6-11(12)14(15)16)18-13-7-3-2-4-8-13/h5-6,9H,2-4,7-8H2,1H3. The number of benzene rings is 1. The summed E-state index contributed by atoms with van der Waals surface area (Å²) < 4.78 is 5.00. The van der Waals surface area contributed by atoms with Crippen LogP contribution in [-0.2, 0) is 0 Å². The summed E-state index contributed by atoms with van der Waals surface area (Å²) >= 11 is 0. The van der Waals surface area contributed by atoms with Gasteiger partial charge in [0, 0.05) is 25.2 Å². The average molecular weight is 252 g/mol. The van der Waals surface area contributed by atoms with Gasteiger partial charge < -0.3 is 9.57 Å². The molecule has 1 saturated heterocycles. The zero-order chi connectivity index (χ0) is 13.0. The van der Waals surface area contributed by atoms with Gasteiger partial charge in [0.1, 0.15) is 0 Å². The Morgan fingerprint density at radius 3 is 2.61 bits per heavy atom. The van der Waals surface area contributed by atoms with Crippen LogP contribution in [0.25, 0.3) is 0 Å². The SMILES string of the molecule is COc1cc(ON2CCCCC2)ccc1[N+](=O)[O-]. The van der Waals surface area contributed by atoms with E-state index in [0.29, 0.717) is 5.75 Å². The quantitative estimate of drug-likeness (QED) is 0.608. The number of nitrogens with zero attached hydrogens (tertiary/aromatic N) is 2. The maximum Gasteiger partial charge on any atom is 0.311 e. The van der Waals surface area contributed by atoms with Gasteiger partial charge >= 0.3 is 5.69 Å². The van der Waals surface area contributed by atoms with Gasteiger partial charge in [-0.3, -0.25) is 10.1 Å². The van der Waals surface area contributed by atoms with Gasteiger partial charge in [-0.25, -0.2) is 0 Å². The number of nitro groups is 1. The largest absolute Gasteiger partial charge is 0.490 e. The van der Waals surface area contributed by atoms with Gasteiger partial charge in [0.05, 0.1) is 12.0 Å². The average Bonchev–Trinajstić information content (AvgIpc) is 2.39. The van der Waals surface area contributed by atoms with E-state index in [9.17, 15) is 10.1 Å². The van der Waals surface area contributed by atoms with Crippen LogP contribution < -0.4 is 9.57 Å². The van der Waals surface area contributed by atoms with Crippen molar-refractivity contribution in [3.8, 4) is 11.5 Å². The number of piperidine rings is 1. The van der Waals surface area contributed by atoms with Crippen molar-refractivity contribution in [3.05, 3.63) is 28.3 Å². The van der Waals surface area contributed by atoms with Crippen LogP contribution in [0.1, 0.15) is 19.3 Å². The number of methoxy groups -OCH3 is 1. The summed E-state index contributed by atoms with van der Waals surface area (Å²) in [5.74, 6) is 0.786. The first kappa shape index (κ1) is 12.6. The lowest BCUT2D eigenvalue weighted by molar-refractivity contribution is -0.385. The molecule has 1 aliphatic rings. The molecule has 0 saturated carbocycles. The highest BCUT2D eigenvalue weighted by molar-refractivity contribution is 5.50. The second-order valence-electron chi connectivity index (χ2n) is 4.17. The van der Waals surface area contributed by atoms with Crippen molar-refractivity contribution in [2.45, 2.75) is 19.3 Å². The summed E-state index contributed by atoms with van der Waals surface area (Å²) in [5, 5.41) is 12.6. The van der Waals surface area contributed by atoms with Crippen LogP contribution in [0.2, 0.25) is 0 Å². The summed E-state index contributed by atoms with van der Waals surface area (Å²) in [6.45, 7) is 1.78. The van der Waals surface area contributed by atoms with E-state index in [4.69, 9.17) is 9.57 Å². The summed E-state index contributed by atoms with van der Waals surface area (Å²) in [6.07, 6.45) is 3.46.